The third-order valence-electron chi connectivity index (χ3n) is 6.32. The zero-order valence-electron chi connectivity index (χ0n) is 19.2. The van der Waals surface area contributed by atoms with Crippen LogP contribution >= 0.6 is 11.6 Å². The molecule has 35 heavy (non-hydrogen) atoms. The third kappa shape index (κ3) is 5.15. The molecule has 0 aliphatic heterocycles. The van der Waals surface area contributed by atoms with Gasteiger partial charge in [-0.05, 0) is 47.4 Å². The average Bonchev–Trinajstić information content (AvgIpc) is 3.15. The fourth-order valence-electron chi connectivity index (χ4n) is 4.23. The summed E-state index contributed by atoms with van der Waals surface area (Å²) in [6, 6.07) is 19.7. The number of alkyl carbamates (subject to hydrolysis) is 1. The maximum absolute atomic E-state index is 12.7. The van der Waals surface area contributed by atoms with Gasteiger partial charge in [0.2, 0.25) is 5.91 Å². The van der Waals surface area contributed by atoms with E-state index >= 15 is 0 Å². The summed E-state index contributed by atoms with van der Waals surface area (Å²) in [5.41, 5.74) is 4.51. The number of amides is 2. The lowest BCUT2D eigenvalue weighted by Gasteiger charge is -2.22. The highest BCUT2D eigenvalue weighted by molar-refractivity contribution is 6.31. The van der Waals surface area contributed by atoms with Crippen molar-refractivity contribution in [2.24, 2.45) is 5.92 Å². The molecule has 3 aromatic rings. The van der Waals surface area contributed by atoms with Crippen LogP contribution in [-0.4, -0.2) is 35.7 Å². The second kappa shape index (κ2) is 10.2. The molecular formula is C27H25ClN2O5. The first kappa shape index (κ1) is 24.3. The first-order chi connectivity index (χ1) is 16.8. The van der Waals surface area contributed by atoms with Crippen molar-refractivity contribution in [2.75, 3.05) is 11.9 Å². The molecule has 2 atom stereocenters. The lowest BCUT2D eigenvalue weighted by atomic mass is 9.98. The van der Waals surface area contributed by atoms with Gasteiger partial charge < -0.3 is 20.5 Å². The number of carbonyl (C=O) groups excluding carboxylic acids is 2. The van der Waals surface area contributed by atoms with E-state index in [1.54, 1.807) is 13.8 Å². The Morgan fingerprint density at radius 1 is 0.971 bits per heavy atom. The van der Waals surface area contributed by atoms with Gasteiger partial charge in [0, 0.05) is 17.0 Å². The molecule has 0 heterocycles. The number of benzene rings is 3. The molecule has 7 nitrogen and oxygen atoms in total. The molecule has 180 valence electrons. The van der Waals surface area contributed by atoms with E-state index in [2.05, 4.69) is 22.8 Å². The lowest BCUT2D eigenvalue weighted by molar-refractivity contribution is -0.120. The van der Waals surface area contributed by atoms with Crippen molar-refractivity contribution in [1.29, 1.82) is 0 Å². The summed E-state index contributed by atoms with van der Waals surface area (Å²) in [6.45, 7) is 3.48. The molecule has 3 aromatic carbocycles. The van der Waals surface area contributed by atoms with Crippen LogP contribution in [0.5, 0.6) is 0 Å². The van der Waals surface area contributed by atoms with Gasteiger partial charge in [0.05, 0.1) is 17.2 Å². The van der Waals surface area contributed by atoms with Gasteiger partial charge in [-0.3, -0.25) is 4.79 Å². The molecule has 0 spiro atoms. The fourth-order valence-corrected chi connectivity index (χ4v) is 4.40. The number of hydrogen-bond acceptors (Lipinski definition) is 4. The molecule has 0 aromatic heterocycles. The van der Waals surface area contributed by atoms with Crippen LogP contribution in [0.2, 0.25) is 5.02 Å². The smallest absolute Gasteiger partial charge is 0.407 e. The number of halogens is 1. The number of hydrogen-bond donors (Lipinski definition) is 3. The van der Waals surface area contributed by atoms with Crippen molar-refractivity contribution < 1.29 is 24.2 Å². The van der Waals surface area contributed by atoms with Crippen LogP contribution in [-0.2, 0) is 9.53 Å². The SMILES string of the molecule is CC(NC(=O)OCC1c2ccccc2-c2ccccc21)C(C)C(=O)Nc1cc(Cl)ccc1C(=O)O. The normalized spacial score (nSPS) is 13.8. The molecule has 2 unspecified atom stereocenters. The minimum atomic E-state index is -1.19. The molecule has 0 bridgehead atoms. The molecule has 3 N–H and O–H groups in total. The van der Waals surface area contributed by atoms with Crippen LogP contribution in [0, 0.1) is 5.92 Å². The molecule has 8 heteroatoms. The topological polar surface area (TPSA) is 105 Å². The number of carboxylic acid groups (broad SMARTS) is 1. The molecular weight excluding hydrogens is 468 g/mol. The van der Waals surface area contributed by atoms with Gasteiger partial charge in [0.1, 0.15) is 6.61 Å². The van der Waals surface area contributed by atoms with E-state index in [0.29, 0.717) is 5.02 Å². The van der Waals surface area contributed by atoms with Gasteiger partial charge in [-0.25, -0.2) is 9.59 Å². The van der Waals surface area contributed by atoms with Crippen molar-refractivity contribution in [2.45, 2.75) is 25.8 Å². The molecule has 0 saturated carbocycles. The average molecular weight is 493 g/mol. The zero-order chi connectivity index (χ0) is 25.1. The van der Waals surface area contributed by atoms with Crippen LogP contribution in [0.25, 0.3) is 11.1 Å². The van der Waals surface area contributed by atoms with Crippen LogP contribution in [0.4, 0.5) is 10.5 Å². The van der Waals surface area contributed by atoms with Crippen LogP contribution in [0.15, 0.2) is 66.7 Å². The first-order valence-electron chi connectivity index (χ1n) is 11.2. The maximum atomic E-state index is 12.7. The first-order valence-corrected chi connectivity index (χ1v) is 11.6. The summed E-state index contributed by atoms with van der Waals surface area (Å²) in [5, 5.41) is 14.9. The van der Waals surface area contributed by atoms with E-state index in [1.807, 2.05) is 36.4 Å². The number of carbonyl (C=O) groups is 3. The maximum Gasteiger partial charge on any atom is 0.407 e. The predicted octanol–water partition coefficient (Wildman–Crippen LogP) is 5.54. The van der Waals surface area contributed by atoms with E-state index in [-0.39, 0.29) is 23.8 Å². The van der Waals surface area contributed by atoms with Crippen molar-refractivity contribution >= 4 is 35.3 Å². The number of fused-ring (bicyclic) bond motifs is 3. The molecule has 1 aliphatic rings. The standard InChI is InChI=1S/C27H25ClN2O5/c1-15(25(31)30-24-13-17(28)11-12-22(24)26(32)33)16(2)29-27(34)35-14-23-20-9-5-3-7-18(20)19-8-4-6-10-21(19)23/h3-13,15-16,23H,14H2,1-2H3,(H,29,34)(H,30,31)(H,32,33). The minimum Gasteiger partial charge on any atom is -0.478 e. The second-order valence-electron chi connectivity index (χ2n) is 8.53. The summed E-state index contributed by atoms with van der Waals surface area (Å²) < 4.78 is 5.55. The Morgan fingerprint density at radius 3 is 2.17 bits per heavy atom. The Bertz CT molecular complexity index is 1250. The van der Waals surface area contributed by atoms with E-state index in [9.17, 15) is 19.5 Å². The zero-order valence-corrected chi connectivity index (χ0v) is 20.0. The molecule has 0 radical (unpaired) electrons. The van der Waals surface area contributed by atoms with Gasteiger partial charge in [0.25, 0.3) is 0 Å². The quantitative estimate of drug-likeness (QED) is 0.401. The Kier molecular flexibility index (Phi) is 7.07. The Balaban J connectivity index is 1.36. The van der Waals surface area contributed by atoms with E-state index in [0.717, 1.165) is 22.3 Å². The van der Waals surface area contributed by atoms with Gasteiger partial charge in [-0.1, -0.05) is 67.1 Å². The summed E-state index contributed by atoms with van der Waals surface area (Å²) in [5.74, 6) is -2.38. The molecule has 1 aliphatic carbocycles. The number of rotatable bonds is 7. The van der Waals surface area contributed by atoms with Gasteiger partial charge >= 0.3 is 12.1 Å². The minimum absolute atomic E-state index is 0.0681. The lowest BCUT2D eigenvalue weighted by Crippen LogP contribution is -2.42. The summed E-state index contributed by atoms with van der Waals surface area (Å²) in [4.78, 5) is 36.7. The summed E-state index contributed by atoms with van der Waals surface area (Å²) in [7, 11) is 0. The van der Waals surface area contributed by atoms with Gasteiger partial charge in [0.15, 0.2) is 0 Å². The number of nitrogens with one attached hydrogen (secondary N) is 2. The Hall–Kier alpha value is -3.84. The second-order valence-corrected chi connectivity index (χ2v) is 8.97. The molecule has 0 saturated heterocycles. The van der Waals surface area contributed by atoms with E-state index < -0.39 is 29.9 Å². The predicted molar refractivity (Wildman–Crippen MR) is 134 cm³/mol. The Morgan fingerprint density at radius 2 is 1.57 bits per heavy atom. The van der Waals surface area contributed by atoms with Gasteiger partial charge in [-0.15, -0.1) is 0 Å². The van der Waals surface area contributed by atoms with Crippen LogP contribution < -0.4 is 10.6 Å². The van der Waals surface area contributed by atoms with Crippen molar-refractivity contribution in [3.05, 3.63) is 88.4 Å². The summed E-state index contributed by atoms with van der Waals surface area (Å²) in [6.07, 6.45) is -0.631. The number of anilines is 1. The highest BCUT2D eigenvalue weighted by Gasteiger charge is 2.30. The fraction of sp³-hybridized carbons (Fsp3) is 0.222. The third-order valence-corrected chi connectivity index (χ3v) is 6.56. The highest BCUT2D eigenvalue weighted by atomic mass is 35.5. The van der Waals surface area contributed by atoms with Crippen molar-refractivity contribution in [3.8, 4) is 11.1 Å². The van der Waals surface area contributed by atoms with Gasteiger partial charge in [-0.2, -0.15) is 0 Å². The van der Waals surface area contributed by atoms with Crippen LogP contribution in [0.3, 0.4) is 0 Å². The molecule has 0 fully saturated rings. The van der Waals surface area contributed by atoms with Crippen molar-refractivity contribution in [1.82, 2.24) is 5.32 Å². The van der Waals surface area contributed by atoms with Crippen LogP contribution in [0.1, 0.15) is 41.3 Å². The number of carboxylic acids is 1. The number of ether oxygens (including phenoxy) is 1. The monoisotopic (exact) mass is 492 g/mol. The highest BCUT2D eigenvalue weighted by Crippen LogP contribution is 2.44. The van der Waals surface area contributed by atoms with Crippen molar-refractivity contribution in [3.63, 3.8) is 0 Å². The molecule has 4 rings (SSSR count). The largest absolute Gasteiger partial charge is 0.478 e. The van der Waals surface area contributed by atoms with E-state index in [4.69, 9.17) is 16.3 Å². The van der Waals surface area contributed by atoms with E-state index in [1.165, 1.54) is 18.2 Å². The summed E-state index contributed by atoms with van der Waals surface area (Å²) >= 11 is 5.95. The Labute approximate surface area is 208 Å². The molecule has 2 amide bonds. The number of aromatic carboxylic acids is 1.